The van der Waals surface area contributed by atoms with Crippen LogP contribution in [0.15, 0.2) is 29.2 Å². The third-order valence-corrected chi connectivity index (χ3v) is 3.20. The van der Waals surface area contributed by atoms with Crippen LogP contribution in [0.1, 0.15) is 0 Å². The van der Waals surface area contributed by atoms with Crippen molar-refractivity contribution in [3.63, 3.8) is 0 Å². The van der Waals surface area contributed by atoms with Gasteiger partial charge in [-0.3, -0.25) is 0 Å². The minimum atomic E-state index is -8.55. The maximum Gasteiger partial charge on any atom is 0.253 e. The molecule has 0 radical (unpaired) electrons. The van der Waals surface area contributed by atoms with Crippen molar-refractivity contribution in [1.29, 1.82) is 0 Å². The number of rotatable bonds is 2. The molecule has 0 N–H and O–H groups in total. The molecule has 82 valence electrons. The Morgan fingerprint density at radius 2 is 1.50 bits per heavy atom. The van der Waals surface area contributed by atoms with Gasteiger partial charge in [-0.1, -0.05) is 0 Å². The van der Waals surface area contributed by atoms with Crippen molar-refractivity contribution in [2.75, 3.05) is 7.11 Å². The molecule has 1 aromatic rings. The van der Waals surface area contributed by atoms with E-state index in [1.54, 1.807) is 0 Å². The van der Waals surface area contributed by atoms with E-state index in [2.05, 4.69) is 15.4 Å². The summed E-state index contributed by atoms with van der Waals surface area (Å²) >= 11 is 0. The summed E-state index contributed by atoms with van der Waals surface area (Å²) in [5.41, 5.74) is 0. The van der Waals surface area contributed by atoms with E-state index in [9.17, 15) is 15.5 Å². The Morgan fingerprint density at radius 1 is 1.07 bits per heavy atom. The second-order valence-electron chi connectivity index (χ2n) is 2.64. The van der Waals surface area contributed by atoms with Gasteiger partial charge in [-0.05, 0) is 24.3 Å². The monoisotopic (exact) mass is 250 g/mol. The zero-order valence-electron chi connectivity index (χ0n) is 7.02. The first-order chi connectivity index (χ1) is 6.03. The lowest BCUT2D eigenvalue weighted by atomic mass is 10.3. The van der Waals surface area contributed by atoms with Gasteiger partial charge < -0.3 is 4.74 Å². The van der Waals surface area contributed by atoms with Crippen LogP contribution >= 0.6 is 19.7 Å². The number of hydrogen-bond donors (Lipinski definition) is 0. The Kier molecular flexibility index (Phi) is 2.04. The van der Waals surface area contributed by atoms with Gasteiger partial charge in [-0.25, -0.2) is 0 Å². The van der Waals surface area contributed by atoms with Gasteiger partial charge in [0, 0.05) is 10.7 Å². The molecule has 1 rings (SSSR count). The van der Waals surface area contributed by atoms with Crippen LogP contribution in [0.25, 0.3) is 0 Å². The molecule has 0 heterocycles. The van der Waals surface area contributed by atoms with Gasteiger partial charge in [0.25, 0.3) is 9.05 Å². The molecule has 1 nitrogen and oxygen atoms in total. The second-order valence-corrected chi connectivity index (χ2v) is 6.92. The normalized spacial score (nSPS) is 17.0. The molecule has 0 aliphatic carbocycles. The Labute approximate surface area is 82.6 Å². The van der Waals surface area contributed by atoms with Crippen LogP contribution in [0.3, 0.4) is 0 Å². The minimum absolute atomic E-state index is 0.201. The predicted molar refractivity (Wildman–Crippen MR) is 49.1 cm³/mol. The molecule has 0 aromatic heterocycles. The van der Waals surface area contributed by atoms with E-state index < -0.39 is 13.9 Å². The number of halogens is 5. The van der Waals surface area contributed by atoms with Crippen LogP contribution in [-0.4, -0.2) is 7.11 Å². The van der Waals surface area contributed by atoms with E-state index in [1.807, 2.05) is 0 Å². The highest BCUT2D eigenvalue weighted by Crippen LogP contribution is 3.04. The molecule has 0 fully saturated rings. The van der Waals surface area contributed by atoms with E-state index >= 15 is 0 Å². The molecule has 0 bridgehead atoms. The first-order valence-corrected chi connectivity index (χ1v) is 6.29. The quantitative estimate of drug-likeness (QED) is 0.696. The predicted octanol–water partition coefficient (Wildman–Crippen LogP) is 4.62. The van der Waals surface area contributed by atoms with Gasteiger partial charge in [0.05, 0.1) is 12.0 Å². The topological polar surface area (TPSA) is 9.23 Å². The van der Waals surface area contributed by atoms with E-state index in [0.29, 0.717) is 12.1 Å². The molecule has 0 amide bonds. The van der Waals surface area contributed by atoms with Crippen LogP contribution in [0.5, 0.6) is 5.75 Å². The molecule has 0 saturated heterocycles. The second kappa shape index (κ2) is 2.49. The van der Waals surface area contributed by atoms with Crippen LogP contribution in [-0.2, 0) is 0 Å². The summed E-state index contributed by atoms with van der Waals surface area (Å²) in [5, 5.41) is 0. The Hall–Kier alpha value is -0.620. The minimum Gasteiger partial charge on any atom is -0.497 e. The van der Waals surface area contributed by atoms with Crippen molar-refractivity contribution in [3.8, 4) is 5.75 Å². The number of hydrogen-bond acceptors (Lipinski definition) is 1. The highest BCUT2D eigenvalue weighted by atomic mass is 35.7. The molecule has 0 spiro atoms. The Bertz CT molecular complexity index is 343. The summed E-state index contributed by atoms with van der Waals surface area (Å²) in [6.45, 7) is 0. The molecule has 0 aliphatic rings. The SMILES string of the molecule is COc1ccc(S(F)(F)(F)(F)Cl)cc1. The highest BCUT2D eigenvalue weighted by molar-refractivity contribution is 8.65. The van der Waals surface area contributed by atoms with Gasteiger partial charge in [-0.15, -0.1) is 15.5 Å². The van der Waals surface area contributed by atoms with Crippen molar-refractivity contribution >= 4 is 19.7 Å². The smallest absolute Gasteiger partial charge is 0.253 e. The van der Waals surface area contributed by atoms with Crippen molar-refractivity contribution < 1.29 is 20.3 Å². The molecular weight excluding hydrogens is 244 g/mol. The number of methoxy groups -OCH3 is 1. The fraction of sp³-hybridized carbons (Fsp3) is 0.143. The number of ether oxygens (including phenoxy) is 1. The van der Waals surface area contributed by atoms with Gasteiger partial charge in [0.2, 0.25) is 0 Å². The van der Waals surface area contributed by atoms with Crippen LogP contribution in [0, 0.1) is 0 Å². The zero-order valence-corrected chi connectivity index (χ0v) is 8.59. The first-order valence-electron chi connectivity index (χ1n) is 3.41. The molecule has 0 atom stereocenters. The lowest BCUT2D eigenvalue weighted by Crippen LogP contribution is -2.03. The fourth-order valence-corrected chi connectivity index (χ4v) is 1.79. The summed E-state index contributed by atoms with van der Waals surface area (Å²) in [6.07, 6.45) is 0. The van der Waals surface area contributed by atoms with Gasteiger partial charge in [0.1, 0.15) is 5.75 Å². The molecule has 0 saturated carbocycles. The van der Waals surface area contributed by atoms with Gasteiger partial charge >= 0.3 is 0 Å². The average Bonchev–Trinajstić information content (AvgIpc) is 2.01. The summed E-state index contributed by atoms with van der Waals surface area (Å²) in [6, 6.07) is 3.09. The summed E-state index contributed by atoms with van der Waals surface area (Å²) < 4.78 is 54.9. The molecular formula is C7H7ClF4OS. The first kappa shape index (κ1) is 11.5. The molecule has 0 aliphatic heterocycles. The van der Waals surface area contributed by atoms with Crippen LogP contribution in [0.2, 0.25) is 0 Å². The number of benzene rings is 1. The average molecular weight is 251 g/mol. The maximum atomic E-state index is 12.6. The van der Waals surface area contributed by atoms with Gasteiger partial charge in [0.15, 0.2) is 0 Å². The third kappa shape index (κ3) is 2.68. The lowest BCUT2D eigenvalue weighted by Gasteiger charge is -2.42. The summed E-state index contributed by atoms with van der Waals surface area (Å²) in [5.74, 6) is 0.201. The van der Waals surface area contributed by atoms with Crippen molar-refractivity contribution in [2.45, 2.75) is 4.90 Å². The lowest BCUT2D eigenvalue weighted by molar-refractivity contribution is 0.414. The standard InChI is InChI=1S/C7H7ClF4OS/c1-13-6-2-4-7(5-3-6)14(8,9,10,11)12/h2-5H,1H3. The van der Waals surface area contributed by atoms with Gasteiger partial charge in [-0.2, -0.15) is 0 Å². The molecule has 1 aromatic carbocycles. The van der Waals surface area contributed by atoms with Crippen molar-refractivity contribution in [2.24, 2.45) is 0 Å². The Morgan fingerprint density at radius 3 is 1.79 bits per heavy atom. The molecule has 14 heavy (non-hydrogen) atoms. The Balaban J connectivity index is 3.24. The van der Waals surface area contributed by atoms with Crippen LogP contribution in [0.4, 0.5) is 15.5 Å². The summed E-state index contributed by atoms with van der Waals surface area (Å²) in [7, 11) is -3.18. The van der Waals surface area contributed by atoms with Crippen LogP contribution < -0.4 is 4.74 Å². The van der Waals surface area contributed by atoms with E-state index in [4.69, 9.17) is 0 Å². The highest BCUT2D eigenvalue weighted by Gasteiger charge is 2.62. The maximum absolute atomic E-state index is 12.6. The molecule has 7 heteroatoms. The van der Waals surface area contributed by atoms with E-state index in [-0.39, 0.29) is 5.75 Å². The van der Waals surface area contributed by atoms with Crippen molar-refractivity contribution in [1.82, 2.24) is 0 Å². The largest absolute Gasteiger partial charge is 0.497 e. The van der Waals surface area contributed by atoms with E-state index in [0.717, 1.165) is 12.1 Å². The van der Waals surface area contributed by atoms with E-state index in [1.165, 1.54) is 7.11 Å². The third-order valence-electron chi connectivity index (χ3n) is 1.50. The molecule has 0 unspecified atom stereocenters. The zero-order chi connectivity index (χ0) is 11.1. The summed E-state index contributed by atoms with van der Waals surface area (Å²) in [4.78, 5) is -1.48. The van der Waals surface area contributed by atoms with Crippen molar-refractivity contribution in [3.05, 3.63) is 24.3 Å². The fourth-order valence-electron chi connectivity index (χ4n) is 0.833.